The van der Waals surface area contributed by atoms with Gasteiger partial charge in [0.2, 0.25) is 0 Å². The zero-order chi connectivity index (χ0) is 25.4. The van der Waals surface area contributed by atoms with Crippen LogP contribution < -0.4 is 0 Å². The van der Waals surface area contributed by atoms with E-state index in [9.17, 15) is 0 Å². The number of aromatic nitrogens is 1. The van der Waals surface area contributed by atoms with E-state index >= 15 is 0 Å². The maximum Gasteiger partial charge on any atom is 0.0731 e. The van der Waals surface area contributed by atoms with Gasteiger partial charge in [-0.1, -0.05) is 47.5 Å². The molecule has 0 unspecified atom stereocenters. The highest BCUT2D eigenvalue weighted by molar-refractivity contribution is 5.96. The molecule has 0 aliphatic heterocycles. The van der Waals surface area contributed by atoms with Crippen molar-refractivity contribution in [2.24, 2.45) is 9.98 Å². The Morgan fingerprint density at radius 1 is 0.500 bits per heavy atom. The second-order valence-corrected chi connectivity index (χ2v) is 9.88. The highest BCUT2D eigenvalue weighted by Crippen LogP contribution is 2.27. The summed E-state index contributed by atoms with van der Waals surface area (Å²) in [5.74, 6) is 0. The van der Waals surface area contributed by atoms with Crippen molar-refractivity contribution in [1.29, 1.82) is 0 Å². The SMILES string of the molecule is Cc1cc(C)c(C=Nc2ccc3cc4ccc(N=Cc5c(C)cc(C)cc5C)cc4nc3c2)c(C)c1. The lowest BCUT2D eigenvalue weighted by Crippen LogP contribution is -1.93. The second-order valence-electron chi connectivity index (χ2n) is 9.88. The van der Waals surface area contributed by atoms with Crippen LogP contribution in [0.3, 0.4) is 0 Å². The predicted molar refractivity (Wildman–Crippen MR) is 155 cm³/mol. The van der Waals surface area contributed by atoms with Crippen LogP contribution in [0.4, 0.5) is 11.4 Å². The monoisotopic (exact) mass is 469 g/mol. The number of nitrogens with zero attached hydrogens (tertiary/aromatic N) is 3. The largest absolute Gasteiger partial charge is 0.256 e. The van der Waals surface area contributed by atoms with Crippen molar-refractivity contribution < 1.29 is 0 Å². The number of hydrogen-bond donors (Lipinski definition) is 0. The van der Waals surface area contributed by atoms with Gasteiger partial charge in [-0.2, -0.15) is 0 Å². The van der Waals surface area contributed by atoms with E-state index in [4.69, 9.17) is 15.0 Å². The van der Waals surface area contributed by atoms with E-state index in [-0.39, 0.29) is 0 Å². The summed E-state index contributed by atoms with van der Waals surface area (Å²) in [6.07, 6.45) is 3.93. The molecular weight excluding hydrogens is 438 g/mol. The van der Waals surface area contributed by atoms with Crippen LogP contribution in [0.15, 0.2) is 76.7 Å². The molecule has 5 rings (SSSR count). The van der Waals surface area contributed by atoms with Crippen LogP contribution in [0.5, 0.6) is 0 Å². The number of hydrogen-bond acceptors (Lipinski definition) is 3. The third-order valence-electron chi connectivity index (χ3n) is 6.74. The lowest BCUT2D eigenvalue weighted by atomic mass is 10.0. The molecule has 4 aromatic carbocycles. The lowest BCUT2D eigenvalue weighted by molar-refractivity contribution is 1.30. The summed E-state index contributed by atoms with van der Waals surface area (Å²) in [5, 5.41) is 2.21. The topological polar surface area (TPSA) is 37.6 Å². The zero-order valence-electron chi connectivity index (χ0n) is 21.8. The van der Waals surface area contributed by atoms with Gasteiger partial charge >= 0.3 is 0 Å². The summed E-state index contributed by atoms with van der Waals surface area (Å²) < 4.78 is 0. The van der Waals surface area contributed by atoms with E-state index < -0.39 is 0 Å². The molecule has 0 amide bonds. The zero-order valence-corrected chi connectivity index (χ0v) is 21.8. The summed E-state index contributed by atoms with van der Waals surface area (Å²) >= 11 is 0. The molecule has 1 aromatic heterocycles. The van der Waals surface area contributed by atoms with Crippen LogP contribution in [0.2, 0.25) is 0 Å². The van der Waals surface area contributed by atoms with Crippen molar-refractivity contribution in [3.8, 4) is 0 Å². The maximum atomic E-state index is 4.95. The fourth-order valence-corrected chi connectivity index (χ4v) is 5.03. The van der Waals surface area contributed by atoms with Crippen LogP contribution in [-0.4, -0.2) is 17.4 Å². The van der Waals surface area contributed by atoms with Crippen molar-refractivity contribution in [1.82, 2.24) is 4.98 Å². The van der Waals surface area contributed by atoms with E-state index in [0.717, 1.165) is 33.2 Å². The first-order valence-corrected chi connectivity index (χ1v) is 12.4. The Bertz CT molecular complexity index is 1520. The summed E-state index contributed by atoms with van der Waals surface area (Å²) in [6.45, 7) is 12.8. The van der Waals surface area contributed by atoms with Crippen LogP contribution in [-0.2, 0) is 0 Å². The molecule has 0 radical (unpaired) electrons. The second kappa shape index (κ2) is 9.50. The van der Waals surface area contributed by atoms with E-state index in [1.165, 1.54) is 44.5 Å². The molecule has 1 heterocycles. The molecule has 36 heavy (non-hydrogen) atoms. The molecule has 0 fully saturated rings. The summed E-state index contributed by atoms with van der Waals surface area (Å²) in [5.41, 5.74) is 13.5. The van der Waals surface area contributed by atoms with Gasteiger partial charge in [-0.05, 0) is 105 Å². The third-order valence-corrected chi connectivity index (χ3v) is 6.74. The number of aliphatic imine (C=N–C) groups is 2. The summed E-state index contributed by atoms with van der Waals surface area (Å²) in [6, 6.07) is 23.4. The van der Waals surface area contributed by atoms with E-state index in [2.05, 4.69) is 108 Å². The molecule has 0 aliphatic rings. The Hall–Kier alpha value is -4.11. The molecule has 178 valence electrons. The highest BCUT2D eigenvalue weighted by atomic mass is 14.7. The van der Waals surface area contributed by atoms with Gasteiger partial charge in [-0.25, -0.2) is 4.98 Å². The number of rotatable bonds is 4. The average molecular weight is 470 g/mol. The Balaban J connectivity index is 1.48. The lowest BCUT2D eigenvalue weighted by Gasteiger charge is -2.07. The Morgan fingerprint density at radius 3 is 1.28 bits per heavy atom. The van der Waals surface area contributed by atoms with Gasteiger partial charge in [0.25, 0.3) is 0 Å². The minimum absolute atomic E-state index is 0.897. The molecule has 0 aliphatic carbocycles. The van der Waals surface area contributed by atoms with Crippen LogP contribution in [0.25, 0.3) is 21.8 Å². The number of benzene rings is 4. The Kier molecular flexibility index (Phi) is 6.24. The number of aryl methyl sites for hydroxylation is 6. The van der Waals surface area contributed by atoms with Crippen LogP contribution >= 0.6 is 0 Å². The minimum Gasteiger partial charge on any atom is -0.256 e. The van der Waals surface area contributed by atoms with Gasteiger partial charge in [0.1, 0.15) is 0 Å². The van der Waals surface area contributed by atoms with Crippen LogP contribution in [0, 0.1) is 41.5 Å². The van der Waals surface area contributed by atoms with Crippen molar-refractivity contribution in [2.45, 2.75) is 41.5 Å². The normalized spacial score (nSPS) is 11.9. The molecule has 0 atom stereocenters. The first kappa shape index (κ1) is 23.6. The Labute approximate surface area is 213 Å². The molecular formula is C33H31N3. The van der Waals surface area contributed by atoms with E-state index in [1.54, 1.807) is 0 Å². The van der Waals surface area contributed by atoms with Gasteiger partial charge in [0, 0.05) is 23.2 Å². The standard InChI is InChI=1S/C33H31N3/c1-20-11-22(3)30(23(4)12-20)18-34-28-9-7-26-15-27-8-10-29(17-33(27)36-32(26)16-28)35-19-31-24(5)13-21(2)14-25(31)6/h7-19H,1-6H3. The molecule has 3 heteroatoms. The van der Waals surface area contributed by atoms with Gasteiger partial charge in [0.05, 0.1) is 22.4 Å². The third kappa shape index (κ3) is 4.83. The van der Waals surface area contributed by atoms with E-state index in [0.29, 0.717) is 0 Å². The number of pyridine rings is 1. The van der Waals surface area contributed by atoms with Crippen molar-refractivity contribution in [3.63, 3.8) is 0 Å². The van der Waals surface area contributed by atoms with Crippen molar-refractivity contribution >= 4 is 45.6 Å². The van der Waals surface area contributed by atoms with Crippen LogP contribution in [0.1, 0.15) is 44.5 Å². The molecule has 3 nitrogen and oxygen atoms in total. The first-order valence-electron chi connectivity index (χ1n) is 12.4. The van der Waals surface area contributed by atoms with Gasteiger partial charge in [-0.15, -0.1) is 0 Å². The summed E-state index contributed by atoms with van der Waals surface area (Å²) in [7, 11) is 0. The van der Waals surface area contributed by atoms with Crippen molar-refractivity contribution in [2.75, 3.05) is 0 Å². The molecule has 0 N–H and O–H groups in total. The maximum absolute atomic E-state index is 4.95. The molecule has 0 spiro atoms. The molecule has 5 aromatic rings. The molecule has 0 bridgehead atoms. The van der Waals surface area contributed by atoms with Gasteiger partial charge in [0.15, 0.2) is 0 Å². The highest BCUT2D eigenvalue weighted by Gasteiger charge is 2.05. The molecule has 0 saturated carbocycles. The van der Waals surface area contributed by atoms with Gasteiger partial charge in [-0.3, -0.25) is 9.98 Å². The average Bonchev–Trinajstić information content (AvgIpc) is 2.81. The van der Waals surface area contributed by atoms with Crippen molar-refractivity contribution in [3.05, 3.63) is 111 Å². The smallest absolute Gasteiger partial charge is 0.0731 e. The predicted octanol–water partition coefficient (Wildman–Crippen LogP) is 8.74. The van der Waals surface area contributed by atoms with E-state index in [1.807, 2.05) is 12.4 Å². The first-order chi connectivity index (χ1) is 17.3. The minimum atomic E-state index is 0.897. The Morgan fingerprint density at radius 2 is 0.889 bits per heavy atom. The summed E-state index contributed by atoms with van der Waals surface area (Å²) in [4.78, 5) is 14.5. The molecule has 0 saturated heterocycles. The number of fused-ring (bicyclic) bond motifs is 2. The van der Waals surface area contributed by atoms with Gasteiger partial charge < -0.3 is 0 Å². The fraction of sp³-hybridized carbons (Fsp3) is 0.182. The quantitative estimate of drug-likeness (QED) is 0.191. The fourth-order valence-electron chi connectivity index (χ4n) is 5.03.